The smallest absolute Gasteiger partial charge is 0.340 e. The van der Waals surface area contributed by atoms with Crippen LogP contribution in [0.5, 0.6) is 23.0 Å². The molecule has 6 rings (SSSR count). The summed E-state index contributed by atoms with van der Waals surface area (Å²) in [6.07, 6.45) is 10.8. The van der Waals surface area contributed by atoms with Crippen LogP contribution in [0.2, 0.25) is 0 Å². The lowest BCUT2D eigenvalue weighted by Crippen LogP contribution is -2.52. The van der Waals surface area contributed by atoms with Crippen molar-refractivity contribution < 1.29 is 68.6 Å². The van der Waals surface area contributed by atoms with Crippen LogP contribution in [0.3, 0.4) is 0 Å². The number of nitrogens with zero attached hydrogens (tertiary/aromatic N) is 6. The number of hydrogen-bond donors (Lipinski definition) is 7. The first-order valence-electron chi connectivity index (χ1n) is 26.2. The largest absolute Gasteiger partial charge is 0.508 e. The predicted molar refractivity (Wildman–Crippen MR) is 285 cm³/mol. The Bertz CT molecular complexity index is 2590. The molecule has 22 nitrogen and oxygen atoms in total. The van der Waals surface area contributed by atoms with E-state index in [1.54, 1.807) is 49.9 Å². The van der Waals surface area contributed by atoms with Gasteiger partial charge in [-0.1, -0.05) is 44.6 Å². The summed E-state index contributed by atoms with van der Waals surface area (Å²) in [5, 5.41) is 57.9. The van der Waals surface area contributed by atoms with Crippen LogP contribution in [0.15, 0.2) is 64.0 Å². The molecule has 1 fully saturated rings. The van der Waals surface area contributed by atoms with Gasteiger partial charge in [-0.2, -0.15) is 4.99 Å². The second-order valence-corrected chi connectivity index (χ2v) is 20.0. The molecule has 0 radical (unpaired) electrons. The van der Waals surface area contributed by atoms with Gasteiger partial charge >= 0.3 is 23.9 Å². The maximum Gasteiger partial charge on any atom is 0.340 e. The molecule has 3 heterocycles. The predicted octanol–water partition coefficient (Wildman–Crippen LogP) is 4.43. The highest BCUT2D eigenvalue weighted by Crippen LogP contribution is 2.57. The SMILES string of the molecule is O=CCCCCCCCCCCNC(=O)C(CCCCN=S=C=Nc1ccc2c(c1)C(=O)OC21c2ccc(O)cc2Oc2cc(O)ccc21)NC(=O)CN1CCN(CC(=O)O)CCN(CC(=O)O)CCN(CC(=O)O)CC1. The standard InChI is InChI=1S/C54H70N8O14S/c63-29-11-7-5-3-1-2-4-6-9-19-55-52(73)45(58-48(66)33-59-21-23-60(34-49(67)68)25-27-62(36-51(71)72)28-26-61(24-22-59)35-50(69)70)12-8-10-20-57-77-37-56-38-13-16-42-41(30-38)53(74)76-54(42)43-17-14-39(64)31-46(43)75-47-32-40(65)15-18-44(47)54/h13-18,29-32,45,64-65H,1-12,19-28,33-36H2,(H,55,73)(H,58,66)(H,67,68)(H,69,70)(H,71,72). The summed E-state index contributed by atoms with van der Waals surface area (Å²) in [5.74, 6) is -4.10. The number of aldehydes is 1. The van der Waals surface area contributed by atoms with E-state index in [1.807, 2.05) is 0 Å². The summed E-state index contributed by atoms with van der Waals surface area (Å²) in [6.45, 7) is 1.67. The fourth-order valence-corrected chi connectivity index (χ4v) is 10.1. The van der Waals surface area contributed by atoms with Crippen molar-refractivity contribution >= 4 is 64.0 Å². The molecule has 3 aromatic rings. The van der Waals surface area contributed by atoms with E-state index >= 15 is 0 Å². The minimum Gasteiger partial charge on any atom is -0.508 e. The molecular weight excluding hydrogens is 1020 g/mol. The summed E-state index contributed by atoms with van der Waals surface area (Å²) in [5.41, 5.74) is 0.817. The number of carbonyl (C=O) groups is 7. The van der Waals surface area contributed by atoms with Crippen LogP contribution < -0.4 is 15.4 Å². The van der Waals surface area contributed by atoms with Crippen molar-refractivity contribution in [2.24, 2.45) is 9.36 Å². The number of carboxylic acid groups (broad SMARTS) is 3. The van der Waals surface area contributed by atoms with E-state index in [1.165, 1.54) is 24.3 Å². The minimum atomic E-state index is -1.41. The van der Waals surface area contributed by atoms with Gasteiger partial charge in [-0.25, -0.2) is 9.16 Å². The third-order valence-corrected chi connectivity index (χ3v) is 14.1. The Morgan fingerprint density at radius 1 is 0.662 bits per heavy atom. The van der Waals surface area contributed by atoms with Crippen molar-refractivity contribution in [3.05, 3.63) is 76.9 Å². The van der Waals surface area contributed by atoms with E-state index in [0.717, 1.165) is 68.8 Å². The second-order valence-electron chi connectivity index (χ2n) is 19.4. The summed E-state index contributed by atoms with van der Waals surface area (Å²) < 4.78 is 16.6. The Morgan fingerprint density at radius 3 is 1.70 bits per heavy atom. The first-order chi connectivity index (χ1) is 37.1. The molecule has 1 unspecified atom stereocenters. The number of isothiocyanates is 1. The van der Waals surface area contributed by atoms with E-state index in [4.69, 9.17) is 9.47 Å². The number of rotatable bonds is 27. The van der Waals surface area contributed by atoms with Crippen LogP contribution in [-0.4, -0.2) is 190 Å². The number of aliphatic imine (C=N–C) groups is 1. The molecule has 7 N–H and O–H groups in total. The highest BCUT2D eigenvalue weighted by Gasteiger charge is 2.53. The van der Waals surface area contributed by atoms with Crippen LogP contribution in [0.25, 0.3) is 0 Å². The van der Waals surface area contributed by atoms with Crippen LogP contribution in [0.4, 0.5) is 5.69 Å². The van der Waals surface area contributed by atoms with Crippen molar-refractivity contribution in [3.8, 4) is 23.0 Å². The number of phenolic OH excluding ortho intramolecular Hbond substituents is 2. The Hall–Kier alpha value is -7.01. The number of aliphatic carboxylic acids is 3. The molecule has 0 saturated carbocycles. The monoisotopic (exact) mass is 1090 g/mol. The number of unbranched alkanes of at least 4 members (excludes halogenated alkanes) is 9. The lowest BCUT2D eigenvalue weighted by atomic mass is 9.77. The molecule has 416 valence electrons. The van der Waals surface area contributed by atoms with E-state index in [2.05, 4.69) is 25.1 Å². The number of esters is 1. The molecular formula is C54H70N8O14S. The normalized spacial score (nSPS) is 16.1. The number of aromatic hydroxyl groups is 2. The number of benzene rings is 3. The molecule has 3 aromatic carbocycles. The van der Waals surface area contributed by atoms with Crippen molar-refractivity contribution in [2.45, 2.75) is 88.7 Å². The van der Waals surface area contributed by atoms with Gasteiger partial charge in [-0.15, -0.1) is 0 Å². The number of carbonyl (C=O) groups excluding carboxylic acids is 4. The summed E-state index contributed by atoms with van der Waals surface area (Å²) >= 11 is 0.988. The number of nitrogens with one attached hydrogen (secondary N) is 2. The van der Waals surface area contributed by atoms with Crippen molar-refractivity contribution in [1.29, 1.82) is 0 Å². The Morgan fingerprint density at radius 2 is 1.17 bits per heavy atom. The molecule has 1 saturated heterocycles. The van der Waals surface area contributed by atoms with Crippen LogP contribution in [0, 0.1) is 0 Å². The van der Waals surface area contributed by atoms with Gasteiger partial charge in [0.1, 0.15) is 35.3 Å². The van der Waals surface area contributed by atoms with E-state index in [-0.39, 0.29) is 113 Å². The molecule has 1 atom stereocenters. The van der Waals surface area contributed by atoms with Gasteiger partial charge in [0.15, 0.2) is 5.60 Å². The molecule has 0 aromatic heterocycles. The van der Waals surface area contributed by atoms with Gasteiger partial charge in [0.05, 0.1) is 49.1 Å². The average molecular weight is 1090 g/mol. The van der Waals surface area contributed by atoms with Gasteiger partial charge in [0, 0.05) is 105 Å². The minimum absolute atomic E-state index is 0.0505. The number of phenols is 2. The first-order valence-corrected chi connectivity index (χ1v) is 27.0. The zero-order valence-corrected chi connectivity index (χ0v) is 44.1. The van der Waals surface area contributed by atoms with Gasteiger partial charge in [0.25, 0.3) is 0 Å². The number of carboxylic acids is 3. The second kappa shape index (κ2) is 30.1. The quantitative estimate of drug-likeness (QED) is 0.0183. The van der Waals surface area contributed by atoms with Crippen LogP contribution in [-0.2, 0) is 50.3 Å². The van der Waals surface area contributed by atoms with Gasteiger partial charge in [0.2, 0.25) is 11.8 Å². The number of ether oxygens (including phenoxy) is 2. The third-order valence-electron chi connectivity index (χ3n) is 13.6. The third kappa shape index (κ3) is 18.0. The molecule has 77 heavy (non-hydrogen) atoms. The first kappa shape index (κ1) is 59.2. The highest BCUT2D eigenvalue weighted by molar-refractivity contribution is 7.66. The van der Waals surface area contributed by atoms with Crippen molar-refractivity contribution in [3.63, 3.8) is 0 Å². The van der Waals surface area contributed by atoms with Crippen LogP contribution >= 0.6 is 0 Å². The Labute approximate surface area is 450 Å². The Balaban J connectivity index is 1.08. The molecule has 3 aliphatic rings. The molecule has 23 heteroatoms. The molecule has 1 spiro atoms. The van der Waals surface area contributed by atoms with Crippen molar-refractivity contribution in [2.75, 3.05) is 91.6 Å². The molecule has 0 bridgehead atoms. The fourth-order valence-electron chi connectivity index (χ4n) is 9.68. The van der Waals surface area contributed by atoms with Gasteiger partial charge in [-0.05, 0) is 68.5 Å². The van der Waals surface area contributed by atoms with Gasteiger partial charge < -0.3 is 50.4 Å². The Kier molecular flexibility index (Phi) is 23.1. The zero-order valence-electron chi connectivity index (χ0n) is 43.2. The van der Waals surface area contributed by atoms with E-state index in [0.29, 0.717) is 61.2 Å². The molecule has 3 aliphatic heterocycles. The summed E-state index contributed by atoms with van der Waals surface area (Å²) in [4.78, 5) is 97.9. The fraction of sp³-hybridized carbons (Fsp3) is 0.519. The molecule has 0 aliphatic carbocycles. The van der Waals surface area contributed by atoms with Crippen LogP contribution in [0.1, 0.15) is 104 Å². The average Bonchev–Trinajstić information content (AvgIpc) is 3.87. The summed E-state index contributed by atoms with van der Waals surface area (Å²) in [7, 11) is 0. The zero-order chi connectivity index (χ0) is 55.2. The molecule has 2 amide bonds. The highest BCUT2D eigenvalue weighted by atomic mass is 32.1. The van der Waals surface area contributed by atoms with E-state index in [9.17, 15) is 59.1 Å². The lowest BCUT2D eigenvalue weighted by Gasteiger charge is -2.36. The number of amides is 2. The maximum absolute atomic E-state index is 13.8. The maximum atomic E-state index is 13.8. The van der Waals surface area contributed by atoms with Gasteiger partial charge in [-0.3, -0.25) is 43.6 Å². The van der Waals surface area contributed by atoms with Crippen molar-refractivity contribution in [1.82, 2.24) is 30.2 Å². The summed E-state index contributed by atoms with van der Waals surface area (Å²) in [6, 6.07) is 13.2. The number of hydrogen-bond acceptors (Lipinski definition) is 17. The number of fused-ring (bicyclic) bond motifs is 6. The topological polar surface area (TPSA) is 301 Å². The van der Waals surface area contributed by atoms with E-state index < -0.39 is 41.4 Å². The lowest BCUT2D eigenvalue weighted by molar-refractivity contribution is -0.140.